The Morgan fingerprint density at radius 1 is 1.00 bits per heavy atom. The van der Waals surface area contributed by atoms with Crippen molar-refractivity contribution in [2.45, 2.75) is 6.61 Å². The van der Waals surface area contributed by atoms with E-state index in [9.17, 15) is 18.8 Å². The number of barbiturate groups is 1. The van der Waals surface area contributed by atoms with Crippen LogP contribution in [-0.2, 0) is 16.2 Å². The van der Waals surface area contributed by atoms with Gasteiger partial charge in [0.05, 0.1) is 7.14 Å². The molecule has 2 aromatic carbocycles. The van der Waals surface area contributed by atoms with Crippen LogP contribution in [0.25, 0.3) is 6.08 Å². The molecule has 9 heteroatoms. The second-order valence-electron chi connectivity index (χ2n) is 5.49. The number of carbonyl (C=O) groups is 3. The van der Waals surface area contributed by atoms with E-state index in [1.807, 2.05) is 10.6 Å². The van der Waals surface area contributed by atoms with E-state index >= 15 is 0 Å². The molecule has 1 fully saturated rings. The summed E-state index contributed by atoms with van der Waals surface area (Å²) in [6, 6.07) is 8.97. The van der Waals surface area contributed by atoms with E-state index in [2.05, 4.69) is 45.2 Å². The monoisotopic (exact) mass is 592 g/mol. The molecular formula is C18H11FI2N2O4. The summed E-state index contributed by atoms with van der Waals surface area (Å²) in [6.45, 7) is 0.0754. The van der Waals surface area contributed by atoms with Gasteiger partial charge in [-0.3, -0.25) is 20.2 Å². The first-order valence-electron chi connectivity index (χ1n) is 7.59. The average Bonchev–Trinajstić information content (AvgIpc) is 2.59. The molecule has 1 aliphatic heterocycles. The Labute approximate surface area is 180 Å². The van der Waals surface area contributed by atoms with Gasteiger partial charge in [-0.2, -0.15) is 0 Å². The van der Waals surface area contributed by atoms with Crippen LogP contribution in [0.1, 0.15) is 11.1 Å². The Morgan fingerprint density at radius 2 is 1.59 bits per heavy atom. The van der Waals surface area contributed by atoms with E-state index in [-0.39, 0.29) is 18.0 Å². The maximum atomic E-state index is 13.7. The number of ether oxygens (including phenoxy) is 1. The number of halogens is 3. The SMILES string of the molecule is O=C1NC(=O)C(=Cc2cc(I)c(OCc3ccccc3F)c(I)c2)C(=O)N1. The lowest BCUT2D eigenvalue weighted by Crippen LogP contribution is -2.51. The molecule has 0 saturated carbocycles. The van der Waals surface area contributed by atoms with Crippen molar-refractivity contribution < 1.29 is 23.5 Å². The van der Waals surface area contributed by atoms with Crippen LogP contribution in [0.2, 0.25) is 0 Å². The summed E-state index contributed by atoms with van der Waals surface area (Å²) in [6.07, 6.45) is 1.39. The van der Waals surface area contributed by atoms with Gasteiger partial charge in [-0.15, -0.1) is 0 Å². The summed E-state index contributed by atoms with van der Waals surface area (Å²) in [5.74, 6) is -1.27. The van der Waals surface area contributed by atoms with E-state index in [0.29, 0.717) is 16.9 Å². The molecule has 6 nitrogen and oxygen atoms in total. The predicted molar refractivity (Wildman–Crippen MR) is 112 cm³/mol. The zero-order chi connectivity index (χ0) is 19.6. The zero-order valence-electron chi connectivity index (χ0n) is 13.5. The molecule has 1 saturated heterocycles. The lowest BCUT2D eigenvalue weighted by molar-refractivity contribution is -0.123. The highest BCUT2D eigenvalue weighted by molar-refractivity contribution is 14.1. The van der Waals surface area contributed by atoms with Gasteiger partial charge < -0.3 is 4.74 Å². The fourth-order valence-corrected chi connectivity index (χ4v) is 4.47. The smallest absolute Gasteiger partial charge is 0.328 e. The fraction of sp³-hybridized carbons (Fsp3) is 0.0556. The summed E-state index contributed by atoms with van der Waals surface area (Å²) in [4.78, 5) is 34.8. The second-order valence-corrected chi connectivity index (χ2v) is 7.81. The minimum absolute atomic E-state index is 0.0754. The lowest BCUT2D eigenvalue weighted by atomic mass is 10.1. The topological polar surface area (TPSA) is 84.5 Å². The molecule has 138 valence electrons. The Balaban J connectivity index is 1.84. The molecule has 1 aliphatic rings. The van der Waals surface area contributed by atoms with Crippen LogP contribution in [0.3, 0.4) is 0 Å². The van der Waals surface area contributed by atoms with Gasteiger partial charge in [0.2, 0.25) is 0 Å². The lowest BCUT2D eigenvalue weighted by Gasteiger charge is -2.15. The highest BCUT2D eigenvalue weighted by atomic mass is 127. The summed E-state index contributed by atoms with van der Waals surface area (Å²) in [5.41, 5.74) is 0.869. The Bertz CT molecular complexity index is 946. The quantitative estimate of drug-likeness (QED) is 0.324. The van der Waals surface area contributed by atoms with Crippen LogP contribution in [0.15, 0.2) is 42.0 Å². The maximum absolute atomic E-state index is 13.7. The molecule has 0 radical (unpaired) electrons. The van der Waals surface area contributed by atoms with Crippen molar-refractivity contribution in [2.75, 3.05) is 0 Å². The largest absolute Gasteiger partial charge is 0.487 e. The number of urea groups is 1. The number of carbonyl (C=O) groups excluding carboxylic acids is 3. The minimum Gasteiger partial charge on any atom is -0.487 e. The molecule has 0 aromatic heterocycles. The van der Waals surface area contributed by atoms with Gasteiger partial charge in [0.25, 0.3) is 11.8 Å². The Hall–Kier alpha value is -2.02. The predicted octanol–water partition coefficient (Wildman–Crippen LogP) is 3.36. The van der Waals surface area contributed by atoms with Crippen LogP contribution >= 0.6 is 45.2 Å². The minimum atomic E-state index is -0.844. The summed E-state index contributed by atoms with van der Waals surface area (Å²) in [5, 5.41) is 4.04. The van der Waals surface area contributed by atoms with Crippen molar-refractivity contribution in [3.8, 4) is 5.75 Å². The van der Waals surface area contributed by atoms with Crippen molar-refractivity contribution in [3.63, 3.8) is 0 Å². The van der Waals surface area contributed by atoms with Crippen molar-refractivity contribution in [2.24, 2.45) is 0 Å². The highest BCUT2D eigenvalue weighted by Gasteiger charge is 2.27. The van der Waals surface area contributed by atoms with E-state index in [1.165, 1.54) is 12.1 Å². The average molecular weight is 592 g/mol. The Morgan fingerprint density at radius 3 is 2.19 bits per heavy atom. The van der Waals surface area contributed by atoms with Crippen molar-refractivity contribution in [1.82, 2.24) is 10.6 Å². The molecule has 1 heterocycles. The first kappa shape index (κ1) is 19.7. The molecule has 3 rings (SSSR count). The van der Waals surface area contributed by atoms with Gasteiger partial charge in [0, 0.05) is 5.56 Å². The second kappa shape index (κ2) is 8.33. The standard InChI is InChI=1S/C18H11FI2N2O4/c19-12-4-2-1-3-10(12)8-27-15-13(20)6-9(7-14(15)21)5-11-16(24)22-18(26)23-17(11)25/h1-7H,8H2,(H2,22,23,24,25,26). The molecule has 0 aliphatic carbocycles. The van der Waals surface area contributed by atoms with Crippen molar-refractivity contribution >= 4 is 69.1 Å². The number of nitrogens with one attached hydrogen (secondary N) is 2. The number of imide groups is 2. The number of hydrogen-bond acceptors (Lipinski definition) is 4. The van der Waals surface area contributed by atoms with Crippen molar-refractivity contribution in [3.05, 3.63) is 66.1 Å². The van der Waals surface area contributed by atoms with E-state index in [0.717, 1.165) is 7.14 Å². The van der Waals surface area contributed by atoms with Crippen LogP contribution in [0.4, 0.5) is 9.18 Å². The van der Waals surface area contributed by atoms with E-state index < -0.39 is 17.8 Å². The summed E-state index contributed by atoms with van der Waals surface area (Å²) < 4.78 is 20.9. The molecule has 0 atom stereocenters. The molecule has 0 bridgehead atoms. The molecule has 4 amide bonds. The van der Waals surface area contributed by atoms with Crippen LogP contribution in [-0.4, -0.2) is 17.8 Å². The van der Waals surface area contributed by atoms with Gasteiger partial charge in [-0.05, 0) is 75.0 Å². The highest BCUT2D eigenvalue weighted by Crippen LogP contribution is 2.31. The van der Waals surface area contributed by atoms with Gasteiger partial charge >= 0.3 is 6.03 Å². The summed E-state index contributed by atoms with van der Waals surface area (Å²) >= 11 is 4.13. The van der Waals surface area contributed by atoms with Crippen LogP contribution in [0, 0.1) is 13.0 Å². The van der Waals surface area contributed by atoms with E-state index in [4.69, 9.17) is 4.74 Å². The molecule has 0 spiro atoms. The van der Waals surface area contributed by atoms with Crippen LogP contribution < -0.4 is 15.4 Å². The first-order valence-corrected chi connectivity index (χ1v) is 9.74. The number of benzene rings is 2. The van der Waals surface area contributed by atoms with Gasteiger partial charge in [-0.1, -0.05) is 18.2 Å². The number of amides is 4. The van der Waals surface area contributed by atoms with Crippen molar-refractivity contribution in [1.29, 1.82) is 0 Å². The third kappa shape index (κ3) is 4.64. The summed E-state index contributed by atoms with van der Waals surface area (Å²) in [7, 11) is 0. The normalized spacial score (nSPS) is 13.9. The molecule has 2 N–H and O–H groups in total. The molecule has 27 heavy (non-hydrogen) atoms. The van der Waals surface area contributed by atoms with E-state index in [1.54, 1.807) is 30.3 Å². The molecule has 0 unspecified atom stereocenters. The third-order valence-electron chi connectivity index (χ3n) is 3.60. The Kier molecular flexibility index (Phi) is 6.09. The maximum Gasteiger partial charge on any atom is 0.328 e. The van der Waals surface area contributed by atoms with Crippen LogP contribution in [0.5, 0.6) is 5.75 Å². The third-order valence-corrected chi connectivity index (χ3v) is 5.21. The number of rotatable bonds is 4. The molecule has 2 aromatic rings. The van der Waals surface area contributed by atoms with Gasteiger partial charge in [0.15, 0.2) is 0 Å². The molecular weight excluding hydrogens is 581 g/mol. The first-order chi connectivity index (χ1) is 12.8. The van der Waals surface area contributed by atoms with Gasteiger partial charge in [0.1, 0.15) is 23.7 Å². The zero-order valence-corrected chi connectivity index (χ0v) is 17.8. The fourth-order valence-electron chi connectivity index (χ4n) is 2.34. The number of hydrogen-bond donors (Lipinski definition) is 2. The van der Waals surface area contributed by atoms with Gasteiger partial charge in [-0.25, -0.2) is 9.18 Å².